The lowest BCUT2D eigenvalue weighted by atomic mass is 10.2. The number of hydrogen-bond acceptors (Lipinski definition) is 5. The zero-order valence-electron chi connectivity index (χ0n) is 14.8. The van der Waals surface area contributed by atoms with Crippen LogP contribution in [0.1, 0.15) is 20.8 Å². The minimum absolute atomic E-state index is 0.0800. The van der Waals surface area contributed by atoms with E-state index in [4.69, 9.17) is 14.2 Å². The van der Waals surface area contributed by atoms with Gasteiger partial charge in [-0.15, -0.1) is 11.3 Å². The van der Waals surface area contributed by atoms with Crippen LogP contribution in [0.25, 0.3) is 0 Å². The first-order valence-corrected chi connectivity index (χ1v) is 9.35. The number of fused-ring (bicyclic) bond motifs is 1. The first-order chi connectivity index (χ1) is 13.9. The number of halogens is 3. The second-order valence-electron chi connectivity index (χ2n) is 6.16. The normalized spacial score (nSPS) is 12.7. The van der Waals surface area contributed by atoms with E-state index in [1.165, 1.54) is 23.5 Å². The van der Waals surface area contributed by atoms with Crippen molar-refractivity contribution < 1.29 is 32.2 Å². The van der Waals surface area contributed by atoms with Crippen LogP contribution in [0.2, 0.25) is 0 Å². The summed E-state index contributed by atoms with van der Waals surface area (Å²) in [6.07, 6.45) is -4.47. The summed E-state index contributed by atoms with van der Waals surface area (Å²) in [4.78, 5) is 12.7. The minimum atomic E-state index is -4.47. The van der Waals surface area contributed by atoms with E-state index >= 15 is 0 Å². The topological polar surface area (TPSA) is 56.8 Å². The molecule has 2 heterocycles. The second-order valence-corrected chi connectivity index (χ2v) is 7.07. The molecule has 9 heteroatoms. The largest absolute Gasteiger partial charge is 0.489 e. The summed E-state index contributed by atoms with van der Waals surface area (Å²) in [7, 11) is 0. The van der Waals surface area contributed by atoms with E-state index in [0.29, 0.717) is 22.1 Å². The highest BCUT2D eigenvalue weighted by atomic mass is 32.1. The molecule has 0 atom stereocenters. The average molecular weight is 421 g/mol. The standard InChI is InChI=1S/C20H14F3NO4S/c21-20(22,23)13-2-1-3-14(7-13)24-19(25)18-6-12(10-29-18)9-26-15-4-5-16-17(8-15)28-11-27-16/h1-8,10H,9,11H2,(H,24,25). The number of benzene rings is 2. The van der Waals surface area contributed by atoms with Gasteiger partial charge in [0.2, 0.25) is 6.79 Å². The smallest absolute Gasteiger partial charge is 0.416 e. The molecule has 1 aliphatic heterocycles. The Morgan fingerprint density at radius 3 is 2.76 bits per heavy atom. The van der Waals surface area contributed by atoms with Gasteiger partial charge in [-0.3, -0.25) is 4.79 Å². The van der Waals surface area contributed by atoms with Crippen molar-refractivity contribution >= 4 is 22.9 Å². The van der Waals surface area contributed by atoms with Gasteiger partial charge in [-0.2, -0.15) is 13.2 Å². The lowest BCUT2D eigenvalue weighted by molar-refractivity contribution is -0.137. The van der Waals surface area contributed by atoms with Crippen LogP contribution in [0, 0.1) is 0 Å². The van der Waals surface area contributed by atoms with Gasteiger partial charge < -0.3 is 19.5 Å². The predicted octanol–water partition coefficient (Wildman–Crippen LogP) is 5.33. The van der Waals surface area contributed by atoms with Crippen LogP contribution in [0.5, 0.6) is 17.2 Å². The molecule has 4 rings (SSSR count). The highest BCUT2D eigenvalue weighted by Gasteiger charge is 2.30. The summed E-state index contributed by atoms with van der Waals surface area (Å²) in [5, 5.41) is 4.24. The number of carbonyl (C=O) groups is 1. The molecule has 2 aromatic carbocycles. The number of alkyl halides is 3. The molecule has 1 amide bonds. The highest BCUT2D eigenvalue weighted by molar-refractivity contribution is 7.12. The van der Waals surface area contributed by atoms with Crippen LogP contribution in [-0.4, -0.2) is 12.7 Å². The molecule has 1 aromatic heterocycles. The van der Waals surface area contributed by atoms with Gasteiger partial charge in [-0.25, -0.2) is 0 Å². The summed E-state index contributed by atoms with van der Waals surface area (Å²) >= 11 is 1.18. The van der Waals surface area contributed by atoms with Gasteiger partial charge in [-0.05, 0) is 41.8 Å². The zero-order valence-corrected chi connectivity index (χ0v) is 15.6. The Balaban J connectivity index is 1.38. The molecule has 0 saturated heterocycles. The van der Waals surface area contributed by atoms with E-state index in [-0.39, 0.29) is 19.1 Å². The monoisotopic (exact) mass is 421 g/mol. The Kier molecular flexibility index (Phi) is 5.06. The number of hydrogen-bond donors (Lipinski definition) is 1. The van der Waals surface area contributed by atoms with Crippen LogP contribution < -0.4 is 19.5 Å². The molecule has 0 bridgehead atoms. The van der Waals surface area contributed by atoms with Crippen molar-refractivity contribution in [3.63, 3.8) is 0 Å². The van der Waals surface area contributed by atoms with Gasteiger partial charge in [0.1, 0.15) is 12.4 Å². The van der Waals surface area contributed by atoms with Gasteiger partial charge in [0.05, 0.1) is 10.4 Å². The fourth-order valence-corrected chi connectivity index (χ4v) is 3.46. The first-order valence-electron chi connectivity index (χ1n) is 8.47. The Hall–Kier alpha value is -3.20. The average Bonchev–Trinajstić information content (AvgIpc) is 3.35. The molecule has 5 nitrogen and oxygen atoms in total. The van der Waals surface area contributed by atoms with E-state index in [2.05, 4.69) is 5.32 Å². The Labute approximate surface area is 167 Å². The van der Waals surface area contributed by atoms with Crippen molar-refractivity contribution in [3.05, 3.63) is 69.9 Å². The SMILES string of the molecule is O=C(Nc1cccc(C(F)(F)F)c1)c1cc(COc2ccc3c(c2)OCO3)cs1. The van der Waals surface area contributed by atoms with Crippen molar-refractivity contribution in [2.75, 3.05) is 12.1 Å². The van der Waals surface area contributed by atoms with E-state index < -0.39 is 17.6 Å². The third kappa shape index (κ3) is 4.45. The van der Waals surface area contributed by atoms with Crippen molar-refractivity contribution in [3.8, 4) is 17.2 Å². The van der Waals surface area contributed by atoms with Crippen molar-refractivity contribution in [2.45, 2.75) is 12.8 Å². The Morgan fingerprint density at radius 1 is 1.10 bits per heavy atom. The first kappa shape index (κ1) is 19.1. The summed E-state index contributed by atoms with van der Waals surface area (Å²) in [5.41, 5.74) is 0.0255. The van der Waals surface area contributed by atoms with Crippen molar-refractivity contribution in [2.24, 2.45) is 0 Å². The molecule has 0 spiro atoms. The molecule has 0 fully saturated rings. The number of rotatable bonds is 5. The van der Waals surface area contributed by atoms with Gasteiger partial charge in [0.15, 0.2) is 11.5 Å². The molecular weight excluding hydrogens is 407 g/mol. The molecular formula is C20H14F3NO4S. The maximum atomic E-state index is 12.8. The van der Waals surface area contributed by atoms with Crippen LogP contribution >= 0.6 is 11.3 Å². The number of thiophene rings is 1. The van der Waals surface area contributed by atoms with Crippen molar-refractivity contribution in [1.29, 1.82) is 0 Å². The van der Waals surface area contributed by atoms with Gasteiger partial charge in [0.25, 0.3) is 5.91 Å². The summed E-state index contributed by atoms with van der Waals surface area (Å²) in [5.74, 6) is 1.37. The van der Waals surface area contributed by atoms with E-state index in [0.717, 1.165) is 17.7 Å². The van der Waals surface area contributed by atoms with E-state index in [1.54, 1.807) is 29.6 Å². The number of nitrogens with one attached hydrogen (secondary N) is 1. The van der Waals surface area contributed by atoms with E-state index in [9.17, 15) is 18.0 Å². The molecule has 1 N–H and O–H groups in total. The third-order valence-corrected chi connectivity index (χ3v) is 5.05. The van der Waals surface area contributed by atoms with Gasteiger partial charge >= 0.3 is 6.18 Å². The quantitative estimate of drug-likeness (QED) is 0.605. The molecule has 150 valence electrons. The maximum absolute atomic E-state index is 12.8. The Bertz CT molecular complexity index is 1050. The molecule has 0 radical (unpaired) electrons. The summed E-state index contributed by atoms with van der Waals surface area (Å²) in [6, 6.07) is 11.4. The fourth-order valence-electron chi connectivity index (χ4n) is 2.67. The lowest BCUT2D eigenvalue weighted by Crippen LogP contribution is -2.12. The zero-order chi connectivity index (χ0) is 20.4. The van der Waals surface area contributed by atoms with Crippen LogP contribution in [0.3, 0.4) is 0 Å². The number of carbonyl (C=O) groups excluding carboxylic acids is 1. The molecule has 3 aromatic rings. The predicted molar refractivity (Wildman–Crippen MR) is 101 cm³/mol. The molecule has 29 heavy (non-hydrogen) atoms. The maximum Gasteiger partial charge on any atom is 0.416 e. The summed E-state index contributed by atoms with van der Waals surface area (Å²) in [6.45, 7) is 0.403. The summed E-state index contributed by atoms with van der Waals surface area (Å²) < 4.78 is 54.6. The molecule has 1 aliphatic rings. The van der Waals surface area contributed by atoms with Gasteiger partial charge in [0, 0.05) is 17.3 Å². The fraction of sp³-hybridized carbons (Fsp3) is 0.150. The second kappa shape index (κ2) is 7.67. The van der Waals surface area contributed by atoms with Crippen molar-refractivity contribution in [1.82, 2.24) is 0 Å². The van der Waals surface area contributed by atoms with Gasteiger partial charge in [-0.1, -0.05) is 6.07 Å². The van der Waals surface area contributed by atoms with Crippen LogP contribution in [0.15, 0.2) is 53.9 Å². The van der Waals surface area contributed by atoms with Crippen LogP contribution in [0.4, 0.5) is 18.9 Å². The Morgan fingerprint density at radius 2 is 1.93 bits per heavy atom. The molecule has 0 aliphatic carbocycles. The van der Waals surface area contributed by atoms with E-state index in [1.807, 2.05) is 0 Å². The highest BCUT2D eigenvalue weighted by Crippen LogP contribution is 2.35. The van der Waals surface area contributed by atoms with Crippen LogP contribution in [-0.2, 0) is 12.8 Å². The minimum Gasteiger partial charge on any atom is -0.489 e. The number of amides is 1. The molecule has 0 saturated carbocycles. The third-order valence-electron chi connectivity index (χ3n) is 4.07. The number of ether oxygens (including phenoxy) is 3. The number of anilines is 1. The lowest BCUT2D eigenvalue weighted by Gasteiger charge is -2.09. The molecule has 0 unspecified atom stereocenters.